The predicted octanol–water partition coefficient (Wildman–Crippen LogP) is 4.69. The summed E-state index contributed by atoms with van der Waals surface area (Å²) in [5, 5.41) is 2.87. The molecule has 2 aromatic carbocycles. The Morgan fingerprint density at radius 3 is 2.47 bits per heavy atom. The number of methoxy groups -OCH3 is 1. The molecule has 8 heteroatoms. The first-order valence-electron chi connectivity index (χ1n) is 11.2. The number of rotatable bonds is 11. The van der Waals surface area contributed by atoms with Crippen molar-refractivity contribution in [3.05, 3.63) is 89.6 Å². The zero-order valence-electron chi connectivity index (χ0n) is 19.5. The second-order valence-electron chi connectivity index (χ2n) is 7.85. The van der Waals surface area contributed by atoms with E-state index in [0.717, 1.165) is 17.5 Å². The number of benzene rings is 2. The van der Waals surface area contributed by atoms with Gasteiger partial charge in [0.25, 0.3) is 0 Å². The molecule has 0 spiro atoms. The van der Waals surface area contributed by atoms with Gasteiger partial charge in [-0.05, 0) is 53.9 Å². The second kappa shape index (κ2) is 12.6. The van der Waals surface area contributed by atoms with E-state index < -0.39 is 6.03 Å². The third kappa shape index (κ3) is 7.45. The summed E-state index contributed by atoms with van der Waals surface area (Å²) in [7, 11) is 1.54. The fourth-order valence-corrected chi connectivity index (χ4v) is 3.42. The highest BCUT2D eigenvalue weighted by molar-refractivity contribution is 5.92. The second-order valence-corrected chi connectivity index (χ2v) is 7.85. The number of urea groups is 1. The maximum absolute atomic E-state index is 13.3. The fraction of sp³-hybridized carbons (Fsp3) is 0.308. The molecule has 3 rings (SSSR count). The van der Waals surface area contributed by atoms with Crippen LogP contribution in [0.4, 0.5) is 14.9 Å². The molecule has 1 heterocycles. The third-order valence-corrected chi connectivity index (χ3v) is 5.33. The molecule has 0 bridgehead atoms. The molecule has 180 valence electrons. The van der Waals surface area contributed by atoms with Crippen LogP contribution in [0.25, 0.3) is 0 Å². The summed E-state index contributed by atoms with van der Waals surface area (Å²) >= 11 is 0. The minimum atomic E-state index is -0.390. The van der Waals surface area contributed by atoms with E-state index in [2.05, 4.69) is 5.32 Å². The number of hydrogen-bond acceptors (Lipinski definition) is 4. The van der Waals surface area contributed by atoms with Crippen LogP contribution in [0.1, 0.15) is 23.8 Å². The normalized spacial score (nSPS) is 10.7. The lowest BCUT2D eigenvalue weighted by Crippen LogP contribution is -2.45. The maximum atomic E-state index is 13.3. The Morgan fingerprint density at radius 1 is 1.00 bits per heavy atom. The lowest BCUT2D eigenvalue weighted by molar-refractivity contribution is -0.133. The van der Waals surface area contributed by atoms with Crippen LogP contribution >= 0.6 is 0 Å². The van der Waals surface area contributed by atoms with Crippen molar-refractivity contribution < 1.29 is 23.1 Å². The molecule has 0 saturated heterocycles. The smallest absolute Gasteiger partial charge is 0.322 e. The van der Waals surface area contributed by atoms with Gasteiger partial charge in [0.05, 0.1) is 19.4 Å². The number of aryl methyl sites for hydroxylation is 1. The Labute approximate surface area is 199 Å². The van der Waals surface area contributed by atoms with Gasteiger partial charge < -0.3 is 24.3 Å². The summed E-state index contributed by atoms with van der Waals surface area (Å²) in [6.07, 6.45) is 2.39. The van der Waals surface area contributed by atoms with Crippen molar-refractivity contribution in [2.24, 2.45) is 0 Å². The van der Waals surface area contributed by atoms with E-state index in [4.69, 9.17) is 9.15 Å². The molecule has 34 heavy (non-hydrogen) atoms. The van der Waals surface area contributed by atoms with Gasteiger partial charge >= 0.3 is 6.03 Å². The van der Waals surface area contributed by atoms with Crippen molar-refractivity contribution in [1.82, 2.24) is 9.80 Å². The summed E-state index contributed by atoms with van der Waals surface area (Å²) in [4.78, 5) is 29.3. The lowest BCUT2D eigenvalue weighted by Gasteiger charge is -2.27. The van der Waals surface area contributed by atoms with Crippen molar-refractivity contribution in [2.75, 3.05) is 32.1 Å². The number of amides is 3. The highest BCUT2D eigenvalue weighted by Gasteiger charge is 2.22. The van der Waals surface area contributed by atoms with Crippen LogP contribution in [0, 0.1) is 5.82 Å². The van der Waals surface area contributed by atoms with Crippen LogP contribution in [0.5, 0.6) is 0 Å². The van der Waals surface area contributed by atoms with Crippen LogP contribution < -0.4 is 5.32 Å². The number of carbonyl (C=O) groups excluding carboxylic acids is 2. The van der Waals surface area contributed by atoms with E-state index in [9.17, 15) is 14.0 Å². The highest BCUT2D eigenvalue weighted by Crippen LogP contribution is 2.14. The van der Waals surface area contributed by atoms with Gasteiger partial charge in [-0.2, -0.15) is 0 Å². The molecule has 7 nitrogen and oxygen atoms in total. The number of ether oxygens (including phenoxy) is 1. The quantitative estimate of drug-likeness (QED) is 0.444. The molecule has 0 aliphatic heterocycles. The predicted molar refractivity (Wildman–Crippen MR) is 128 cm³/mol. The first-order chi connectivity index (χ1) is 16.5. The Morgan fingerprint density at radius 2 is 1.79 bits per heavy atom. The van der Waals surface area contributed by atoms with E-state index in [1.807, 2.05) is 31.2 Å². The number of nitrogens with zero attached hydrogens (tertiary/aromatic N) is 2. The fourth-order valence-electron chi connectivity index (χ4n) is 3.42. The molecular formula is C26H30FN3O4. The summed E-state index contributed by atoms with van der Waals surface area (Å²) in [5.74, 6) is -0.00348. The molecule has 0 aliphatic rings. The Kier molecular flexibility index (Phi) is 9.22. The zero-order chi connectivity index (χ0) is 24.3. The van der Waals surface area contributed by atoms with Gasteiger partial charge in [0.2, 0.25) is 5.91 Å². The molecule has 0 unspecified atom stereocenters. The van der Waals surface area contributed by atoms with Crippen LogP contribution in [-0.4, -0.2) is 48.5 Å². The number of nitrogens with one attached hydrogen (secondary N) is 1. The summed E-state index contributed by atoms with van der Waals surface area (Å²) < 4.78 is 23.9. The number of furan rings is 1. The maximum Gasteiger partial charge on any atom is 0.322 e. The Balaban J connectivity index is 1.74. The standard InChI is InChI=1S/C26H30FN3O4/c1-3-20-6-4-7-23(16-20)28-26(32)29(13-15-33-2)19-25(31)30(18-24-8-5-14-34-24)17-21-9-11-22(27)12-10-21/h4-12,14,16H,3,13,15,17-19H2,1-2H3,(H,28,32). The average Bonchev–Trinajstić information content (AvgIpc) is 3.35. The molecule has 3 aromatic rings. The van der Waals surface area contributed by atoms with E-state index in [1.165, 1.54) is 17.0 Å². The highest BCUT2D eigenvalue weighted by atomic mass is 19.1. The zero-order valence-corrected chi connectivity index (χ0v) is 19.5. The van der Waals surface area contributed by atoms with E-state index in [-0.39, 0.29) is 44.5 Å². The molecule has 0 saturated carbocycles. The van der Waals surface area contributed by atoms with E-state index >= 15 is 0 Å². The Bertz CT molecular complexity index is 1050. The van der Waals surface area contributed by atoms with Crippen LogP contribution in [0.3, 0.4) is 0 Å². The molecule has 0 aliphatic carbocycles. The van der Waals surface area contributed by atoms with Gasteiger partial charge in [0.1, 0.15) is 18.1 Å². The SMILES string of the molecule is CCc1cccc(NC(=O)N(CCOC)CC(=O)N(Cc2ccc(F)cc2)Cc2ccco2)c1. The lowest BCUT2D eigenvalue weighted by atomic mass is 10.1. The molecule has 1 N–H and O–H groups in total. The van der Waals surface area contributed by atoms with Crippen LogP contribution in [0.2, 0.25) is 0 Å². The van der Waals surface area contributed by atoms with E-state index in [1.54, 1.807) is 42.5 Å². The van der Waals surface area contributed by atoms with Crippen molar-refractivity contribution in [1.29, 1.82) is 0 Å². The van der Waals surface area contributed by atoms with Crippen LogP contribution in [0.15, 0.2) is 71.3 Å². The van der Waals surface area contributed by atoms with Gasteiger partial charge in [-0.3, -0.25) is 4.79 Å². The van der Waals surface area contributed by atoms with Gasteiger partial charge in [-0.25, -0.2) is 9.18 Å². The third-order valence-electron chi connectivity index (χ3n) is 5.33. The number of hydrogen-bond donors (Lipinski definition) is 1. The topological polar surface area (TPSA) is 75.0 Å². The Hall–Kier alpha value is -3.65. The molecule has 1 aromatic heterocycles. The van der Waals surface area contributed by atoms with Gasteiger partial charge in [0.15, 0.2) is 0 Å². The molecule has 0 fully saturated rings. The molecule has 0 atom stereocenters. The van der Waals surface area contributed by atoms with Crippen molar-refractivity contribution in [3.63, 3.8) is 0 Å². The monoisotopic (exact) mass is 467 g/mol. The molecular weight excluding hydrogens is 437 g/mol. The number of carbonyl (C=O) groups is 2. The molecule has 3 amide bonds. The van der Waals surface area contributed by atoms with Crippen molar-refractivity contribution in [2.45, 2.75) is 26.4 Å². The summed E-state index contributed by atoms with van der Waals surface area (Å²) in [6, 6.07) is 16.7. The van der Waals surface area contributed by atoms with Crippen molar-refractivity contribution in [3.8, 4) is 0 Å². The molecule has 0 radical (unpaired) electrons. The summed E-state index contributed by atoms with van der Waals surface area (Å²) in [5.41, 5.74) is 2.53. The summed E-state index contributed by atoms with van der Waals surface area (Å²) in [6.45, 7) is 2.89. The van der Waals surface area contributed by atoms with E-state index in [0.29, 0.717) is 11.4 Å². The van der Waals surface area contributed by atoms with Crippen molar-refractivity contribution >= 4 is 17.6 Å². The minimum Gasteiger partial charge on any atom is -0.467 e. The van der Waals surface area contributed by atoms with Crippen LogP contribution in [-0.2, 0) is 29.0 Å². The van der Waals surface area contributed by atoms with Gasteiger partial charge in [0, 0.05) is 25.9 Å². The van der Waals surface area contributed by atoms with Gasteiger partial charge in [-0.1, -0.05) is 31.2 Å². The van der Waals surface area contributed by atoms with Gasteiger partial charge in [-0.15, -0.1) is 0 Å². The minimum absolute atomic E-state index is 0.148. The largest absolute Gasteiger partial charge is 0.467 e. The first kappa shape index (κ1) is 25.0. The average molecular weight is 468 g/mol. The first-order valence-corrected chi connectivity index (χ1v) is 11.2. The number of anilines is 1. The number of halogens is 1.